The van der Waals surface area contributed by atoms with Gasteiger partial charge in [-0.2, -0.15) is 5.10 Å². The molecule has 1 amide bonds. The number of H-pyrrole nitrogens is 1. The average molecular weight is 407 g/mol. The molecule has 0 radical (unpaired) electrons. The van der Waals surface area contributed by atoms with Gasteiger partial charge in [0.15, 0.2) is 21.6 Å². The number of carbonyl (C=O) groups excluding carboxylic acids is 2. The van der Waals surface area contributed by atoms with Crippen LogP contribution in [0.3, 0.4) is 0 Å². The second-order valence-electron chi connectivity index (χ2n) is 6.68. The summed E-state index contributed by atoms with van der Waals surface area (Å²) in [5, 5.41) is 6.62. The maximum absolute atomic E-state index is 12.7. The monoisotopic (exact) mass is 407 g/mol. The molecule has 1 aliphatic rings. The molecule has 1 aromatic heterocycles. The Labute approximate surface area is 161 Å². The molecule has 0 saturated carbocycles. The van der Waals surface area contributed by atoms with Gasteiger partial charge >= 0.3 is 5.97 Å². The van der Waals surface area contributed by atoms with Crippen LogP contribution < -0.4 is 5.56 Å². The number of nitrogens with one attached hydrogen (secondary N) is 1. The highest BCUT2D eigenvalue weighted by Crippen LogP contribution is 2.20. The lowest BCUT2D eigenvalue weighted by atomic mass is 10.1. The summed E-state index contributed by atoms with van der Waals surface area (Å²) in [6, 6.07) is 6.03. The fourth-order valence-electron chi connectivity index (χ4n) is 3.39. The summed E-state index contributed by atoms with van der Waals surface area (Å²) in [6.45, 7) is 3.48. The van der Waals surface area contributed by atoms with Crippen molar-refractivity contribution >= 4 is 32.5 Å². The molecular weight excluding hydrogens is 386 g/mol. The molecule has 1 saturated heterocycles. The van der Waals surface area contributed by atoms with Gasteiger partial charge in [0.1, 0.15) is 0 Å². The zero-order valence-corrected chi connectivity index (χ0v) is 16.4. The maximum atomic E-state index is 12.7. The number of esters is 1. The first-order chi connectivity index (χ1) is 13.2. The standard InChI is InChI=1S/C18H21N3O6S/c1-3-21(12-8-9-28(25,26)10-12)17(23)11(2)27-18(24)15-13-6-4-5-7-14(13)16(22)20-19-15/h4-7,11-12H,3,8-10H2,1-2H3,(H,20,22). The number of amides is 1. The Morgan fingerprint density at radius 3 is 2.61 bits per heavy atom. The van der Waals surface area contributed by atoms with Gasteiger partial charge in [0.05, 0.1) is 16.9 Å². The molecule has 1 fully saturated rings. The molecule has 2 aromatic rings. The van der Waals surface area contributed by atoms with Gasteiger partial charge in [0.2, 0.25) is 0 Å². The van der Waals surface area contributed by atoms with Crippen molar-refractivity contribution in [3.8, 4) is 0 Å². The normalized spacial score (nSPS) is 19.3. The van der Waals surface area contributed by atoms with Gasteiger partial charge in [-0.15, -0.1) is 0 Å². The summed E-state index contributed by atoms with van der Waals surface area (Å²) in [5.74, 6) is -1.35. The lowest BCUT2D eigenvalue weighted by Gasteiger charge is -2.29. The number of nitrogens with zero attached hydrogens (tertiary/aromatic N) is 2. The third-order valence-electron chi connectivity index (χ3n) is 4.79. The number of likely N-dealkylation sites (N-methyl/N-ethyl adjacent to an activating group) is 1. The molecule has 1 N–H and O–H groups in total. The van der Waals surface area contributed by atoms with Crippen LogP contribution >= 0.6 is 0 Å². The van der Waals surface area contributed by atoms with E-state index in [4.69, 9.17) is 4.74 Å². The van der Waals surface area contributed by atoms with Crippen LogP contribution in [0.5, 0.6) is 0 Å². The van der Waals surface area contributed by atoms with Crippen LogP contribution in [-0.4, -0.2) is 65.6 Å². The lowest BCUT2D eigenvalue weighted by Crippen LogP contribution is -2.46. The molecule has 0 aliphatic carbocycles. The van der Waals surface area contributed by atoms with Crippen molar-refractivity contribution < 1.29 is 22.7 Å². The fraction of sp³-hybridized carbons (Fsp3) is 0.444. The van der Waals surface area contributed by atoms with Crippen molar-refractivity contribution in [2.45, 2.75) is 32.4 Å². The van der Waals surface area contributed by atoms with E-state index in [0.717, 1.165) is 0 Å². The predicted molar refractivity (Wildman–Crippen MR) is 102 cm³/mol. The summed E-state index contributed by atoms with van der Waals surface area (Å²) in [4.78, 5) is 38.5. The Morgan fingerprint density at radius 2 is 2.00 bits per heavy atom. The molecule has 1 aromatic carbocycles. The first-order valence-corrected chi connectivity index (χ1v) is 10.7. The highest BCUT2D eigenvalue weighted by Gasteiger charge is 2.36. The molecule has 150 valence electrons. The Morgan fingerprint density at radius 1 is 1.32 bits per heavy atom. The molecular formula is C18H21N3O6S. The van der Waals surface area contributed by atoms with E-state index in [-0.39, 0.29) is 22.6 Å². The summed E-state index contributed by atoms with van der Waals surface area (Å²) < 4.78 is 28.7. The van der Waals surface area contributed by atoms with E-state index >= 15 is 0 Å². The second kappa shape index (κ2) is 7.70. The number of benzene rings is 1. The number of aromatic amines is 1. The molecule has 2 unspecified atom stereocenters. The molecule has 1 aliphatic heterocycles. The van der Waals surface area contributed by atoms with Crippen LogP contribution in [0, 0.1) is 0 Å². The van der Waals surface area contributed by atoms with Gasteiger partial charge in [-0.3, -0.25) is 9.59 Å². The Kier molecular flexibility index (Phi) is 5.50. The van der Waals surface area contributed by atoms with Crippen LogP contribution in [0.4, 0.5) is 0 Å². The van der Waals surface area contributed by atoms with Crippen LogP contribution in [0.15, 0.2) is 29.1 Å². The molecule has 9 nitrogen and oxygen atoms in total. The maximum Gasteiger partial charge on any atom is 0.360 e. The number of aromatic nitrogens is 2. The number of hydrogen-bond acceptors (Lipinski definition) is 7. The Balaban J connectivity index is 1.78. The minimum absolute atomic E-state index is 0.0445. The third-order valence-corrected chi connectivity index (χ3v) is 6.54. The smallest absolute Gasteiger partial charge is 0.360 e. The van der Waals surface area contributed by atoms with E-state index in [1.165, 1.54) is 11.8 Å². The summed E-state index contributed by atoms with van der Waals surface area (Å²) in [5.41, 5.74) is -0.530. The largest absolute Gasteiger partial charge is 0.448 e. The molecule has 0 bridgehead atoms. The van der Waals surface area contributed by atoms with Gasteiger partial charge in [0, 0.05) is 18.0 Å². The molecule has 28 heavy (non-hydrogen) atoms. The van der Waals surface area contributed by atoms with Crippen molar-refractivity contribution in [1.29, 1.82) is 0 Å². The van der Waals surface area contributed by atoms with Crippen molar-refractivity contribution in [1.82, 2.24) is 15.1 Å². The minimum atomic E-state index is -3.15. The number of sulfone groups is 1. The molecule has 2 atom stereocenters. The molecule has 0 spiro atoms. The minimum Gasteiger partial charge on any atom is -0.448 e. The number of ether oxygens (including phenoxy) is 1. The van der Waals surface area contributed by atoms with E-state index in [9.17, 15) is 22.8 Å². The SMILES string of the molecule is CCN(C(=O)C(C)OC(=O)c1n[nH]c(=O)c2ccccc12)C1CCS(=O)(=O)C1. The quantitative estimate of drug-likeness (QED) is 0.715. The van der Waals surface area contributed by atoms with Gasteiger partial charge in [-0.05, 0) is 26.3 Å². The van der Waals surface area contributed by atoms with Gasteiger partial charge in [-0.1, -0.05) is 18.2 Å². The van der Waals surface area contributed by atoms with Gasteiger partial charge in [0.25, 0.3) is 11.5 Å². The van der Waals surface area contributed by atoms with Crippen molar-refractivity contribution in [2.24, 2.45) is 0 Å². The van der Waals surface area contributed by atoms with E-state index < -0.39 is 39.4 Å². The van der Waals surface area contributed by atoms with Crippen LogP contribution in [0.2, 0.25) is 0 Å². The molecule has 3 rings (SSSR count). The number of carbonyl (C=O) groups is 2. The topological polar surface area (TPSA) is 126 Å². The summed E-state index contributed by atoms with van der Waals surface area (Å²) in [7, 11) is -3.15. The first-order valence-electron chi connectivity index (χ1n) is 8.93. The van der Waals surface area contributed by atoms with E-state index in [1.807, 2.05) is 0 Å². The number of fused-ring (bicyclic) bond motifs is 1. The van der Waals surface area contributed by atoms with E-state index in [2.05, 4.69) is 10.2 Å². The fourth-order valence-corrected chi connectivity index (χ4v) is 5.12. The average Bonchev–Trinajstić information content (AvgIpc) is 3.02. The summed E-state index contributed by atoms with van der Waals surface area (Å²) in [6.07, 6.45) is -0.752. The number of hydrogen-bond donors (Lipinski definition) is 1. The Bertz CT molecular complexity index is 1080. The predicted octanol–water partition coefficient (Wildman–Crippen LogP) is 0.504. The number of rotatable bonds is 5. The highest BCUT2D eigenvalue weighted by atomic mass is 32.2. The van der Waals surface area contributed by atoms with Crippen LogP contribution in [0.25, 0.3) is 10.8 Å². The summed E-state index contributed by atoms with van der Waals surface area (Å²) >= 11 is 0. The lowest BCUT2D eigenvalue weighted by molar-refractivity contribution is -0.141. The molecule has 2 heterocycles. The Hall–Kier alpha value is -2.75. The zero-order chi connectivity index (χ0) is 20.5. The first kappa shape index (κ1) is 20.0. The zero-order valence-electron chi connectivity index (χ0n) is 15.5. The van der Waals surface area contributed by atoms with Gasteiger partial charge in [-0.25, -0.2) is 18.3 Å². The van der Waals surface area contributed by atoms with E-state index in [0.29, 0.717) is 18.4 Å². The van der Waals surface area contributed by atoms with Crippen molar-refractivity contribution in [3.63, 3.8) is 0 Å². The van der Waals surface area contributed by atoms with E-state index in [1.54, 1.807) is 31.2 Å². The molecule has 10 heteroatoms. The van der Waals surface area contributed by atoms with Crippen molar-refractivity contribution in [3.05, 3.63) is 40.3 Å². The highest BCUT2D eigenvalue weighted by molar-refractivity contribution is 7.91. The van der Waals surface area contributed by atoms with Gasteiger partial charge < -0.3 is 9.64 Å². The third kappa shape index (κ3) is 3.91. The van der Waals surface area contributed by atoms with Crippen LogP contribution in [0.1, 0.15) is 30.8 Å². The second-order valence-corrected chi connectivity index (χ2v) is 8.90. The van der Waals surface area contributed by atoms with Crippen LogP contribution in [-0.2, 0) is 19.4 Å². The van der Waals surface area contributed by atoms with Crippen molar-refractivity contribution in [2.75, 3.05) is 18.1 Å².